The van der Waals surface area contributed by atoms with E-state index in [1.165, 1.54) is 18.5 Å². The Morgan fingerprint density at radius 2 is 2.00 bits per heavy atom. The van der Waals surface area contributed by atoms with Crippen LogP contribution in [0.3, 0.4) is 0 Å². The fraction of sp³-hybridized carbons (Fsp3) is 0.150. The third kappa shape index (κ3) is 4.75. The molecule has 0 aliphatic heterocycles. The van der Waals surface area contributed by atoms with Crippen LogP contribution < -0.4 is 15.4 Å². The van der Waals surface area contributed by atoms with Gasteiger partial charge >= 0.3 is 0 Å². The van der Waals surface area contributed by atoms with Crippen molar-refractivity contribution in [2.24, 2.45) is 0 Å². The van der Waals surface area contributed by atoms with Gasteiger partial charge in [-0.3, -0.25) is 4.79 Å². The van der Waals surface area contributed by atoms with Crippen molar-refractivity contribution < 1.29 is 13.9 Å². The molecule has 0 radical (unpaired) electrons. The van der Waals surface area contributed by atoms with Crippen LogP contribution in [0.2, 0.25) is 5.02 Å². The smallest absolute Gasteiger partial charge is 0.157 e. The van der Waals surface area contributed by atoms with Crippen molar-refractivity contribution in [2.75, 3.05) is 17.2 Å². The second kappa shape index (κ2) is 9.14. The first-order valence-corrected chi connectivity index (χ1v) is 8.96. The number of aromatic nitrogens is 2. The van der Waals surface area contributed by atoms with Crippen LogP contribution in [-0.4, -0.2) is 22.8 Å². The molecule has 8 heteroatoms. The van der Waals surface area contributed by atoms with Gasteiger partial charge in [0.25, 0.3) is 0 Å². The number of benzene rings is 2. The highest BCUT2D eigenvalue weighted by molar-refractivity contribution is 6.32. The molecule has 0 saturated carbocycles. The number of carbonyl (C=O) groups excluding carboxylic acids is 1. The van der Waals surface area contributed by atoms with Crippen LogP contribution in [0.15, 0.2) is 48.8 Å². The number of nitrogens with one attached hydrogen (secondary N) is 2. The van der Waals surface area contributed by atoms with Crippen molar-refractivity contribution in [3.8, 4) is 5.75 Å². The molecule has 144 valence electrons. The Morgan fingerprint density at radius 3 is 2.71 bits per heavy atom. The Kier molecular flexibility index (Phi) is 6.39. The average molecular weight is 401 g/mol. The minimum absolute atomic E-state index is 0.192. The number of carbonyl (C=O) groups is 1. The highest BCUT2D eigenvalue weighted by Gasteiger charge is 2.11. The molecule has 2 N–H and O–H groups in total. The predicted molar refractivity (Wildman–Crippen MR) is 107 cm³/mol. The molecule has 6 nitrogen and oxygen atoms in total. The lowest BCUT2D eigenvalue weighted by Crippen LogP contribution is -2.07. The topological polar surface area (TPSA) is 76.1 Å². The number of hydrogen-bond donors (Lipinski definition) is 2. The number of halogens is 2. The van der Waals surface area contributed by atoms with E-state index >= 15 is 0 Å². The van der Waals surface area contributed by atoms with E-state index in [2.05, 4.69) is 20.6 Å². The maximum Gasteiger partial charge on any atom is 0.157 e. The zero-order valence-electron chi connectivity index (χ0n) is 15.1. The van der Waals surface area contributed by atoms with Crippen molar-refractivity contribution in [1.82, 2.24) is 9.97 Å². The molecular weight excluding hydrogens is 383 g/mol. The Labute approximate surface area is 166 Å². The van der Waals surface area contributed by atoms with E-state index in [-0.39, 0.29) is 12.4 Å². The Bertz CT molecular complexity index is 984. The van der Waals surface area contributed by atoms with Crippen LogP contribution in [0.5, 0.6) is 5.75 Å². The van der Waals surface area contributed by atoms with Gasteiger partial charge in [0.05, 0.1) is 10.6 Å². The summed E-state index contributed by atoms with van der Waals surface area (Å²) in [5.74, 6) is 0.962. The van der Waals surface area contributed by atoms with Crippen molar-refractivity contribution in [3.63, 3.8) is 0 Å². The van der Waals surface area contributed by atoms with Gasteiger partial charge < -0.3 is 15.4 Å². The van der Waals surface area contributed by atoms with Gasteiger partial charge in [0.2, 0.25) is 0 Å². The number of hydrogen-bond acceptors (Lipinski definition) is 6. The largest absolute Gasteiger partial charge is 0.487 e. The highest BCUT2D eigenvalue weighted by atomic mass is 35.5. The zero-order chi connectivity index (χ0) is 19.9. The normalized spacial score (nSPS) is 10.4. The molecule has 1 aromatic heterocycles. The van der Waals surface area contributed by atoms with Crippen LogP contribution in [0, 0.1) is 5.82 Å². The molecule has 0 aliphatic rings. The number of ether oxygens (including phenoxy) is 1. The van der Waals surface area contributed by atoms with E-state index in [1.807, 2.05) is 6.92 Å². The van der Waals surface area contributed by atoms with E-state index in [1.54, 1.807) is 30.3 Å². The molecule has 0 amide bonds. The molecule has 3 rings (SSSR count). The van der Waals surface area contributed by atoms with E-state index in [0.29, 0.717) is 52.1 Å². The van der Waals surface area contributed by atoms with E-state index in [0.717, 1.165) is 0 Å². The van der Waals surface area contributed by atoms with Crippen molar-refractivity contribution in [2.45, 2.75) is 13.5 Å². The highest BCUT2D eigenvalue weighted by Crippen LogP contribution is 2.30. The molecule has 0 spiro atoms. The first-order valence-electron chi connectivity index (χ1n) is 8.58. The standard InChI is InChI=1S/C20H18ClFN4O2/c1-2-23-19-16(10-27)20(25-12-24-19)26-15-6-7-18(17(21)9-15)28-11-13-4-3-5-14(22)8-13/h3-10,12H,2,11H2,1H3,(H2,23,24,25,26). The van der Waals surface area contributed by atoms with Gasteiger partial charge in [-0.2, -0.15) is 0 Å². The second-order valence-corrected chi connectivity index (χ2v) is 6.23. The molecular formula is C20H18ClFN4O2. The van der Waals surface area contributed by atoms with Crippen molar-refractivity contribution in [3.05, 3.63) is 70.8 Å². The fourth-order valence-electron chi connectivity index (χ4n) is 2.54. The zero-order valence-corrected chi connectivity index (χ0v) is 15.8. The lowest BCUT2D eigenvalue weighted by atomic mass is 10.2. The van der Waals surface area contributed by atoms with Gasteiger partial charge in [0, 0.05) is 12.2 Å². The Hall–Kier alpha value is -3.19. The summed E-state index contributed by atoms with van der Waals surface area (Å²) in [4.78, 5) is 19.6. The van der Waals surface area contributed by atoms with Crippen molar-refractivity contribution >= 4 is 35.2 Å². The average Bonchev–Trinajstić information content (AvgIpc) is 2.68. The van der Waals surface area contributed by atoms with Crippen LogP contribution in [0.4, 0.5) is 21.7 Å². The fourth-order valence-corrected chi connectivity index (χ4v) is 2.77. The van der Waals surface area contributed by atoms with Crippen molar-refractivity contribution in [1.29, 1.82) is 0 Å². The number of nitrogens with zero attached hydrogens (tertiary/aromatic N) is 2. The SMILES string of the molecule is CCNc1ncnc(Nc2ccc(OCc3cccc(F)c3)c(Cl)c2)c1C=O. The predicted octanol–water partition coefficient (Wildman–Crippen LogP) is 4.84. The summed E-state index contributed by atoms with van der Waals surface area (Å²) in [5, 5.41) is 6.44. The number of rotatable bonds is 8. The van der Waals surface area contributed by atoms with E-state index in [4.69, 9.17) is 16.3 Å². The van der Waals surface area contributed by atoms with Crippen LogP contribution in [0.25, 0.3) is 0 Å². The number of aldehydes is 1. The van der Waals surface area contributed by atoms with Gasteiger partial charge in [-0.1, -0.05) is 23.7 Å². The summed E-state index contributed by atoms with van der Waals surface area (Å²) in [6, 6.07) is 11.3. The molecule has 0 unspecified atom stereocenters. The van der Waals surface area contributed by atoms with E-state index < -0.39 is 0 Å². The summed E-state index contributed by atoms with van der Waals surface area (Å²) in [6.45, 7) is 2.73. The minimum Gasteiger partial charge on any atom is -0.487 e. The molecule has 0 bridgehead atoms. The molecule has 0 atom stereocenters. The summed E-state index contributed by atoms with van der Waals surface area (Å²) in [5.41, 5.74) is 1.66. The molecule has 0 saturated heterocycles. The molecule has 1 heterocycles. The van der Waals surface area contributed by atoms with Crippen LogP contribution in [0.1, 0.15) is 22.8 Å². The first kappa shape index (κ1) is 19.6. The molecule has 2 aromatic carbocycles. The van der Waals surface area contributed by atoms with Gasteiger partial charge in [-0.05, 0) is 42.8 Å². The summed E-state index contributed by atoms with van der Waals surface area (Å²) >= 11 is 6.29. The summed E-state index contributed by atoms with van der Waals surface area (Å²) in [6.07, 6.45) is 2.06. The van der Waals surface area contributed by atoms with E-state index in [9.17, 15) is 9.18 Å². The summed E-state index contributed by atoms with van der Waals surface area (Å²) in [7, 11) is 0. The lowest BCUT2D eigenvalue weighted by Gasteiger charge is -2.13. The number of anilines is 3. The molecule has 0 fully saturated rings. The summed E-state index contributed by atoms with van der Waals surface area (Å²) < 4.78 is 18.9. The molecule has 3 aromatic rings. The van der Waals surface area contributed by atoms with Gasteiger partial charge in [-0.25, -0.2) is 14.4 Å². The van der Waals surface area contributed by atoms with Crippen LogP contribution in [-0.2, 0) is 6.61 Å². The Balaban J connectivity index is 1.74. The maximum atomic E-state index is 13.2. The maximum absolute atomic E-state index is 13.2. The third-order valence-corrected chi connectivity index (χ3v) is 4.12. The molecule has 0 aliphatic carbocycles. The van der Waals surface area contributed by atoms with Gasteiger partial charge in [-0.15, -0.1) is 0 Å². The van der Waals surface area contributed by atoms with Gasteiger partial charge in [0.15, 0.2) is 6.29 Å². The molecule has 28 heavy (non-hydrogen) atoms. The van der Waals surface area contributed by atoms with Crippen LogP contribution >= 0.6 is 11.6 Å². The third-order valence-electron chi connectivity index (χ3n) is 3.82. The minimum atomic E-state index is -0.320. The monoisotopic (exact) mass is 400 g/mol. The Morgan fingerprint density at radius 1 is 1.18 bits per heavy atom. The van der Waals surface area contributed by atoms with Gasteiger partial charge in [0.1, 0.15) is 36.1 Å². The quantitative estimate of drug-likeness (QED) is 0.527. The second-order valence-electron chi connectivity index (χ2n) is 5.82. The first-order chi connectivity index (χ1) is 13.6. The lowest BCUT2D eigenvalue weighted by molar-refractivity contribution is 0.112.